The second kappa shape index (κ2) is 8.20. The molecule has 0 amide bonds. The minimum Gasteiger partial charge on any atom is -0.457 e. The lowest BCUT2D eigenvalue weighted by atomic mass is 10.2. The molecule has 1 aromatic heterocycles. The quantitative estimate of drug-likeness (QED) is 0.279. The van der Waals surface area contributed by atoms with Gasteiger partial charge in [0.2, 0.25) is 6.79 Å². The molecule has 2 N–H and O–H groups in total. The second-order valence-corrected chi connectivity index (χ2v) is 4.71. The van der Waals surface area contributed by atoms with Crippen LogP contribution in [0.5, 0.6) is 11.5 Å². The zero-order valence-corrected chi connectivity index (χ0v) is 13.0. The van der Waals surface area contributed by atoms with Gasteiger partial charge in [-0.25, -0.2) is 5.43 Å². The molecule has 0 bridgehead atoms. The molecule has 9 heteroatoms. The summed E-state index contributed by atoms with van der Waals surface area (Å²) in [7, 11) is 0. The molecule has 0 saturated heterocycles. The Hall–Kier alpha value is -3.75. The Balaban J connectivity index is 1.61. The normalized spacial score (nSPS) is 10.6. The highest BCUT2D eigenvalue weighted by atomic mass is 16.7. The maximum atomic E-state index is 11.0. The van der Waals surface area contributed by atoms with E-state index in [0.29, 0.717) is 17.1 Å². The highest BCUT2D eigenvalue weighted by Crippen LogP contribution is 2.18. The van der Waals surface area contributed by atoms with E-state index in [0.717, 1.165) is 11.8 Å². The van der Waals surface area contributed by atoms with Gasteiger partial charge in [0.05, 0.1) is 11.8 Å². The lowest BCUT2D eigenvalue weighted by molar-refractivity contribution is 0.108. The number of aldehydes is 1. The summed E-state index contributed by atoms with van der Waals surface area (Å²) in [4.78, 5) is 11.0. The van der Waals surface area contributed by atoms with E-state index < -0.39 is 0 Å². The number of tetrazole rings is 1. The molecule has 1 heterocycles. The van der Waals surface area contributed by atoms with Crippen molar-refractivity contribution < 1.29 is 14.3 Å². The molecule has 0 unspecified atom stereocenters. The fourth-order valence-corrected chi connectivity index (χ4v) is 1.95. The maximum Gasteiger partial charge on any atom is 0.283 e. The zero-order valence-electron chi connectivity index (χ0n) is 13.0. The van der Waals surface area contributed by atoms with Crippen molar-refractivity contribution in [3.05, 3.63) is 59.7 Å². The van der Waals surface area contributed by atoms with E-state index in [1.54, 1.807) is 36.5 Å². The van der Waals surface area contributed by atoms with Crippen LogP contribution in [-0.2, 0) is 0 Å². The van der Waals surface area contributed by atoms with Gasteiger partial charge in [0.15, 0.2) is 6.29 Å². The summed E-state index contributed by atoms with van der Waals surface area (Å²) in [6.45, 7) is -0.0476. The molecular formula is C16H14N6O3. The van der Waals surface area contributed by atoms with Gasteiger partial charge in [0, 0.05) is 5.56 Å². The first kappa shape index (κ1) is 16.1. The summed E-state index contributed by atoms with van der Waals surface area (Å²) in [6.07, 6.45) is 2.30. The third-order valence-corrected chi connectivity index (χ3v) is 3.11. The number of H-pyrrole nitrogens is 1. The fraction of sp³-hybridized carbons (Fsp3) is 0.0625. The highest BCUT2D eigenvalue weighted by molar-refractivity contribution is 5.83. The predicted octanol–water partition coefficient (Wildman–Crippen LogP) is 1.87. The van der Waals surface area contributed by atoms with Crippen molar-refractivity contribution in [1.82, 2.24) is 20.6 Å². The van der Waals surface area contributed by atoms with Crippen LogP contribution in [0.3, 0.4) is 0 Å². The van der Waals surface area contributed by atoms with Gasteiger partial charge in [0.25, 0.3) is 5.95 Å². The summed E-state index contributed by atoms with van der Waals surface area (Å²) in [5.74, 6) is 1.29. The Morgan fingerprint density at radius 3 is 2.40 bits per heavy atom. The first-order chi connectivity index (χ1) is 12.4. The number of para-hydroxylation sites is 2. The number of hydrogen-bond acceptors (Lipinski definition) is 8. The topological polar surface area (TPSA) is 114 Å². The average molecular weight is 338 g/mol. The van der Waals surface area contributed by atoms with Crippen molar-refractivity contribution in [2.75, 3.05) is 12.2 Å². The number of aromatic amines is 1. The molecule has 25 heavy (non-hydrogen) atoms. The van der Waals surface area contributed by atoms with Gasteiger partial charge in [-0.3, -0.25) is 4.79 Å². The molecule has 0 aliphatic carbocycles. The zero-order chi connectivity index (χ0) is 17.3. The molecule has 2 aromatic carbocycles. The number of aromatic nitrogens is 4. The molecule has 0 atom stereocenters. The fourth-order valence-electron chi connectivity index (χ4n) is 1.95. The lowest BCUT2D eigenvalue weighted by Gasteiger charge is -2.11. The van der Waals surface area contributed by atoms with E-state index in [1.807, 2.05) is 18.2 Å². The molecule has 0 saturated carbocycles. The Kier molecular flexibility index (Phi) is 5.29. The Labute approximate surface area is 142 Å². The minimum absolute atomic E-state index is 0.0476. The van der Waals surface area contributed by atoms with Crippen molar-refractivity contribution in [3.8, 4) is 11.5 Å². The predicted molar refractivity (Wildman–Crippen MR) is 89.8 cm³/mol. The number of nitrogens with zero attached hydrogens (tertiary/aromatic N) is 4. The smallest absolute Gasteiger partial charge is 0.283 e. The molecule has 3 rings (SSSR count). The van der Waals surface area contributed by atoms with E-state index in [1.165, 1.54) is 0 Å². The van der Waals surface area contributed by atoms with E-state index in [-0.39, 0.29) is 12.7 Å². The van der Waals surface area contributed by atoms with Gasteiger partial charge in [-0.1, -0.05) is 29.4 Å². The third kappa shape index (κ3) is 4.38. The van der Waals surface area contributed by atoms with Crippen LogP contribution >= 0.6 is 0 Å². The first-order valence-electron chi connectivity index (χ1n) is 7.28. The number of nitrogens with one attached hydrogen (secondary N) is 2. The molecule has 0 fully saturated rings. The van der Waals surface area contributed by atoms with Gasteiger partial charge < -0.3 is 9.47 Å². The van der Waals surface area contributed by atoms with Crippen LogP contribution in [0, 0.1) is 0 Å². The molecular weight excluding hydrogens is 324 g/mol. The number of carbonyl (C=O) groups excluding carboxylic acids is 1. The highest BCUT2D eigenvalue weighted by Gasteiger charge is 2.04. The Morgan fingerprint density at radius 1 is 1.04 bits per heavy atom. The number of anilines is 1. The van der Waals surface area contributed by atoms with Crippen molar-refractivity contribution >= 4 is 18.4 Å². The number of benzene rings is 2. The average Bonchev–Trinajstić information content (AvgIpc) is 3.17. The van der Waals surface area contributed by atoms with E-state index in [2.05, 4.69) is 31.2 Å². The number of rotatable bonds is 8. The first-order valence-corrected chi connectivity index (χ1v) is 7.28. The van der Waals surface area contributed by atoms with Crippen LogP contribution in [-0.4, -0.2) is 39.9 Å². The van der Waals surface area contributed by atoms with Gasteiger partial charge in [0.1, 0.15) is 11.5 Å². The van der Waals surface area contributed by atoms with Crippen LogP contribution < -0.4 is 14.9 Å². The summed E-state index contributed by atoms with van der Waals surface area (Å²) in [6, 6.07) is 14.2. The summed E-state index contributed by atoms with van der Waals surface area (Å²) >= 11 is 0. The minimum atomic E-state index is -0.0476. The summed E-state index contributed by atoms with van der Waals surface area (Å²) < 4.78 is 11.1. The maximum absolute atomic E-state index is 11.0. The van der Waals surface area contributed by atoms with Crippen LogP contribution in [0.1, 0.15) is 15.9 Å². The molecule has 9 nitrogen and oxygen atoms in total. The van der Waals surface area contributed by atoms with Crippen molar-refractivity contribution in [2.24, 2.45) is 5.10 Å². The number of carbonyl (C=O) groups is 1. The largest absolute Gasteiger partial charge is 0.457 e. The van der Waals surface area contributed by atoms with Crippen molar-refractivity contribution in [2.45, 2.75) is 0 Å². The van der Waals surface area contributed by atoms with Crippen LogP contribution in [0.15, 0.2) is 53.6 Å². The monoisotopic (exact) mass is 338 g/mol. The molecule has 0 aliphatic heterocycles. The molecule has 0 spiro atoms. The van der Waals surface area contributed by atoms with E-state index in [4.69, 9.17) is 9.47 Å². The number of hydrazone groups is 1. The molecule has 126 valence electrons. The molecule has 0 aliphatic rings. The summed E-state index contributed by atoms with van der Waals surface area (Å²) in [5.41, 5.74) is 3.82. The Morgan fingerprint density at radius 2 is 1.72 bits per heavy atom. The third-order valence-electron chi connectivity index (χ3n) is 3.11. The second-order valence-electron chi connectivity index (χ2n) is 4.71. The SMILES string of the molecule is O=Cc1ccccc1OCOc1ccccc1/C=N/Nc1nn[nH]n1. The van der Waals surface area contributed by atoms with Crippen molar-refractivity contribution in [3.63, 3.8) is 0 Å². The van der Waals surface area contributed by atoms with Crippen LogP contribution in [0.25, 0.3) is 0 Å². The van der Waals surface area contributed by atoms with Gasteiger partial charge >= 0.3 is 0 Å². The number of ether oxygens (including phenoxy) is 2. The molecule has 0 radical (unpaired) electrons. The van der Waals surface area contributed by atoms with Gasteiger partial charge in [-0.05, 0) is 29.5 Å². The van der Waals surface area contributed by atoms with Crippen LogP contribution in [0.2, 0.25) is 0 Å². The van der Waals surface area contributed by atoms with E-state index in [9.17, 15) is 4.79 Å². The van der Waals surface area contributed by atoms with Gasteiger partial charge in [-0.2, -0.15) is 10.3 Å². The van der Waals surface area contributed by atoms with Gasteiger partial charge in [-0.15, -0.1) is 5.10 Å². The molecule has 3 aromatic rings. The standard InChI is InChI=1S/C16H14N6O3/c23-10-13-6-2-4-8-15(13)25-11-24-14-7-3-1-5-12(14)9-17-18-16-19-21-22-20-16/h1-10H,11H2,(H2,18,19,20,21,22)/b17-9+. The Bertz CT molecular complexity index is 851. The lowest BCUT2D eigenvalue weighted by Crippen LogP contribution is -2.08. The van der Waals surface area contributed by atoms with E-state index >= 15 is 0 Å². The van der Waals surface area contributed by atoms with Crippen molar-refractivity contribution in [1.29, 1.82) is 0 Å². The summed E-state index contributed by atoms with van der Waals surface area (Å²) in [5, 5.41) is 17.2. The van der Waals surface area contributed by atoms with Crippen LogP contribution in [0.4, 0.5) is 5.95 Å². The number of hydrogen-bond donors (Lipinski definition) is 2.